The van der Waals surface area contributed by atoms with Crippen LogP contribution in [0.3, 0.4) is 0 Å². The van der Waals surface area contributed by atoms with E-state index in [1.54, 1.807) is 0 Å². The van der Waals surface area contributed by atoms with Gasteiger partial charge in [0.15, 0.2) is 0 Å². The van der Waals surface area contributed by atoms with Gasteiger partial charge in [0.25, 0.3) is 0 Å². The summed E-state index contributed by atoms with van der Waals surface area (Å²) in [4.78, 5) is 4.58. The Hall–Kier alpha value is -0.380. The number of thioether (sulfide) groups is 1. The molecule has 0 radical (unpaired) electrons. The van der Waals surface area contributed by atoms with Gasteiger partial charge in [-0.3, -0.25) is 0 Å². The number of rotatable bonds is 4. The number of imidazole rings is 1. The lowest BCUT2D eigenvalue weighted by Crippen LogP contribution is -2.15. The molecular formula is C13H14Cl2N2S. The van der Waals surface area contributed by atoms with Gasteiger partial charge >= 0.3 is 0 Å². The molecule has 0 unspecified atom stereocenters. The second-order valence-corrected chi connectivity index (χ2v) is 6.69. The van der Waals surface area contributed by atoms with Crippen molar-refractivity contribution in [1.82, 2.24) is 9.55 Å². The molecule has 96 valence electrons. The van der Waals surface area contributed by atoms with Crippen LogP contribution >= 0.6 is 35.0 Å². The van der Waals surface area contributed by atoms with E-state index in [-0.39, 0.29) is 0 Å². The summed E-state index contributed by atoms with van der Waals surface area (Å²) in [5.41, 5.74) is 1.96. The van der Waals surface area contributed by atoms with E-state index in [0.717, 1.165) is 28.4 Å². The van der Waals surface area contributed by atoms with Crippen molar-refractivity contribution in [3.05, 3.63) is 29.0 Å². The second kappa shape index (κ2) is 4.62. The van der Waals surface area contributed by atoms with E-state index in [1.165, 1.54) is 12.8 Å². The van der Waals surface area contributed by atoms with Crippen LogP contribution in [0.25, 0.3) is 11.0 Å². The number of fused-ring (bicyclic) bond motifs is 1. The molecule has 3 rings (SSSR count). The molecule has 2 aromatic rings. The van der Waals surface area contributed by atoms with Crippen molar-refractivity contribution in [2.24, 2.45) is 0 Å². The van der Waals surface area contributed by atoms with Crippen LogP contribution in [0.5, 0.6) is 0 Å². The fourth-order valence-electron chi connectivity index (χ4n) is 2.32. The monoisotopic (exact) mass is 300 g/mol. The number of hydrogen-bond acceptors (Lipinski definition) is 2. The van der Waals surface area contributed by atoms with Crippen molar-refractivity contribution in [2.75, 3.05) is 6.26 Å². The Morgan fingerprint density at radius 2 is 2.22 bits per heavy atom. The average Bonchev–Trinajstić information content (AvgIpc) is 3.06. The zero-order chi connectivity index (χ0) is 12.8. The molecule has 0 N–H and O–H groups in total. The van der Waals surface area contributed by atoms with Gasteiger partial charge in [-0.2, -0.15) is 11.8 Å². The van der Waals surface area contributed by atoms with Crippen LogP contribution in [0.1, 0.15) is 18.7 Å². The maximum absolute atomic E-state index is 6.31. The highest BCUT2D eigenvalue weighted by atomic mass is 35.5. The molecule has 18 heavy (non-hydrogen) atoms. The number of benzene rings is 1. The highest BCUT2D eigenvalue weighted by Gasteiger charge is 2.42. The Labute approximate surface area is 121 Å². The third-order valence-corrected chi connectivity index (χ3v) is 5.55. The summed E-state index contributed by atoms with van der Waals surface area (Å²) in [6.07, 6.45) is 4.70. The van der Waals surface area contributed by atoms with Gasteiger partial charge in [-0.25, -0.2) is 4.98 Å². The van der Waals surface area contributed by atoms with Crippen LogP contribution in [-0.4, -0.2) is 20.6 Å². The number of alkyl halides is 1. The quantitative estimate of drug-likeness (QED) is 0.783. The van der Waals surface area contributed by atoms with Crippen LogP contribution in [0.4, 0.5) is 0 Å². The molecule has 0 saturated heterocycles. The summed E-state index contributed by atoms with van der Waals surface area (Å²) in [5.74, 6) is 1.34. The first kappa shape index (κ1) is 12.6. The van der Waals surface area contributed by atoms with Crippen molar-refractivity contribution in [3.8, 4) is 0 Å². The summed E-state index contributed by atoms with van der Waals surface area (Å²) in [5, 5.41) is 0.758. The minimum absolute atomic E-state index is 0.369. The molecule has 1 aromatic carbocycles. The van der Waals surface area contributed by atoms with E-state index < -0.39 is 0 Å². The molecule has 0 amide bonds. The normalized spacial score (nSPS) is 17.3. The van der Waals surface area contributed by atoms with Gasteiger partial charge in [0.05, 0.1) is 21.9 Å². The Bertz CT molecular complexity index is 590. The van der Waals surface area contributed by atoms with Gasteiger partial charge in [-0.1, -0.05) is 17.7 Å². The van der Waals surface area contributed by atoms with E-state index in [9.17, 15) is 0 Å². The standard InChI is InChI=1S/C13H14Cl2N2S/c1-18-13(5-6-13)8-17-11(7-14)16-10-4-2-3-9(15)12(10)17/h2-4H,5-8H2,1H3. The fourth-order valence-corrected chi connectivity index (χ4v) is 3.56. The lowest BCUT2D eigenvalue weighted by Gasteiger charge is -2.16. The van der Waals surface area contributed by atoms with Gasteiger partial charge in [-0.15, -0.1) is 11.6 Å². The molecule has 1 aliphatic rings. The van der Waals surface area contributed by atoms with E-state index in [4.69, 9.17) is 23.2 Å². The molecule has 1 heterocycles. The first-order valence-corrected chi connectivity index (χ1v) is 8.07. The van der Waals surface area contributed by atoms with Crippen LogP contribution in [0, 0.1) is 0 Å². The molecule has 1 aromatic heterocycles. The topological polar surface area (TPSA) is 17.8 Å². The van der Waals surface area contributed by atoms with Gasteiger partial charge in [-0.05, 0) is 31.2 Å². The summed E-state index contributed by atoms with van der Waals surface area (Å²) in [6.45, 7) is 0.955. The van der Waals surface area contributed by atoms with E-state index >= 15 is 0 Å². The molecule has 5 heteroatoms. The molecule has 2 nitrogen and oxygen atoms in total. The van der Waals surface area contributed by atoms with Crippen molar-refractivity contribution in [3.63, 3.8) is 0 Å². The summed E-state index contributed by atoms with van der Waals surface area (Å²) in [7, 11) is 0. The van der Waals surface area contributed by atoms with Crippen molar-refractivity contribution in [2.45, 2.75) is 30.0 Å². The largest absolute Gasteiger partial charge is 0.324 e. The number of halogens is 2. The fraction of sp³-hybridized carbons (Fsp3) is 0.462. The first-order chi connectivity index (χ1) is 8.69. The van der Waals surface area contributed by atoms with Gasteiger partial charge < -0.3 is 4.57 Å². The minimum Gasteiger partial charge on any atom is -0.324 e. The third-order valence-electron chi connectivity index (χ3n) is 3.60. The summed E-state index contributed by atoms with van der Waals surface area (Å²) >= 11 is 14.3. The smallest absolute Gasteiger partial charge is 0.124 e. The molecule has 0 aliphatic heterocycles. The Kier molecular flexibility index (Phi) is 3.25. The van der Waals surface area contributed by atoms with E-state index in [1.807, 2.05) is 30.0 Å². The van der Waals surface area contributed by atoms with Gasteiger partial charge in [0, 0.05) is 11.3 Å². The number of para-hydroxylation sites is 1. The Balaban J connectivity index is 2.13. The Morgan fingerprint density at radius 3 is 2.83 bits per heavy atom. The second-order valence-electron chi connectivity index (χ2n) is 4.74. The maximum Gasteiger partial charge on any atom is 0.124 e. The number of hydrogen-bond donors (Lipinski definition) is 0. The van der Waals surface area contributed by atoms with Gasteiger partial charge in [0.1, 0.15) is 5.82 Å². The lowest BCUT2D eigenvalue weighted by molar-refractivity contribution is 0.655. The Morgan fingerprint density at radius 1 is 1.44 bits per heavy atom. The first-order valence-electron chi connectivity index (χ1n) is 5.94. The molecule has 0 atom stereocenters. The van der Waals surface area contributed by atoms with Crippen LogP contribution in [0.2, 0.25) is 5.02 Å². The third kappa shape index (κ3) is 2.02. The molecule has 1 fully saturated rings. The summed E-state index contributed by atoms with van der Waals surface area (Å²) in [6, 6.07) is 5.84. The van der Waals surface area contributed by atoms with Crippen LogP contribution in [-0.2, 0) is 12.4 Å². The highest BCUT2D eigenvalue weighted by Crippen LogP contribution is 2.49. The van der Waals surface area contributed by atoms with Crippen molar-refractivity contribution < 1.29 is 0 Å². The molecule has 1 aliphatic carbocycles. The predicted molar refractivity (Wildman–Crippen MR) is 79.8 cm³/mol. The van der Waals surface area contributed by atoms with E-state index in [0.29, 0.717) is 10.6 Å². The average molecular weight is 301 g/mol. The zero-order valence-corrected chi connectivity index (χ0v) is 12.4. The van der Waals surface area contributed by atoms with Crippen molar-refractivity contribution in [1.29, 1.82) is 0 Å². The zero-order valence-electron chi connectivity index (χ0n) is 10.1. The van der Waals surface area contributed by atoms with Crippen molar-refractivity contribution >= 4 is 46.0 Å². The molecule has 1 saturated carbocycles. The summed E-state index contributed by atoms with van der Waals surface area (Å²) < 4.78 is 2.57. The van der Waals surface area contributed by atoms with Crippen LogP contribution in [0.15, 0.2) is 18.2 Å². The minimum atomic E-state index is 0.369. The van der Waals surface area contributed by atoms with Gasteiger partial charge in [0.2, 0.25) is 0 Å². The molecule has 0 spiro atoms. The SMILES string of the molecule is CSC1(Cn2c(CCl)nc3cccc(Cl)c32)CC1. The molecule has 0 bridgehead atoms. The van der Waals surface area contributed by atoms with E-state index in [2.05, 4.69) is 15.8 Å². The molecular weight excluding hydrogens is 287 g/mol. The maximum atomic E-state index is 6.31. The number of aromatic nitrogens is 2. The predicted octanol–water partition coefficient (Wildman–Crippen LogP) is 4.32. The number of nitrogens with zero attached hydrogens (tertiary/aromatic N) is 2. The van der Waals surface area contributed by atoms with Crippen LogP contribution < -0.4 is 0 Å². The lowest BCUT2D eigenvalue weighted by atomic mass is 10.3. The highest BCUT2D eigenvalue weighted by molar-refractivity contribution is 8.00.